The Kier molecular flexibility index (Phi) is 3.36. The standard InChI is InChI=1S/C16H16ClN3/c1-11-5-3-4-6-14(11)20-10-19-16(18-2)13-8-7-12(17)9-15(13)20/h3-9H,10H2,1-2H3,(H,18,19). The summed E-state index contributed by atoms with van der Waals surface area (Å²) in [6.45, 7) is 2.70. The van der Waals surface area contributed by atoms with Gasteiger partial charge in [0.25, 0.3) is 0 Å². The Bertz CT molecular complexity index is 679. The molecule has 0 saturated carbocycles. The summed E-state index contributed by atoms with van der Waals surface area (Å²) in [5, 5.41) is 3.88. The third-order valence-corrected chi connectivity index (χ3v) is 3.75. The van der Waals surface area contributed by atoms with Crippen molar-refractivity contribution in [3.63, 3.8) is 0 Å². The number of fused-ring (bicyclic) bond motifs is 1. The first kappa shape index (κ1) is 13.0. The fourth-order valence-corrected chi connectivity index (χ4v) is 2.68. The van der Waals surface area contributed by atoms with Crippen LogP contribution in [-0.2, 0) is 0 Å². The maximum absolute atomic E-state index is 6.17. The minimum Gasteiger partial charge on any atom is -0.373 e. The van der Waals surface area contributed by atoms with Crippen molar-refractivity contribution in [1.82, 2.24) is 5.32 Å². The SMILES string of the molecule is CNC1=NCN(c2ccccc2C)c2cc(Cl)ccc21. The van der Waals surface area contributed by atoms with Gasteiger partial charge in [-0.3, -0.25) is 0 Å². The van der Waals surface area contributed by atoms with Gasteiger partial charge in [0.15, 0.2) is 0 Å². The number of aryl methyl sites for hydroxylation is 1. The third-order valence-electron chi connectivity index (χ3n) is 3.52. The molecule has 0 bridgehead atoms. The maximum atomic E-state index is 6.17. The third kappa shape index (κ3) is 2.14. The number of para-hydroxylation sites is 1. The zero-order valence-corrected chi connectivity index (χ0v) is 12.3. The van der Waals surface area contributed by atoms with E-state index >= 15 is 0 Å². The lowest BCUT2D eigenvalue weighted by Gasteiger charge is -2.31. The first-order valence-electron chi connectivity index (χ1n) is 6.56. The average Bonchev–Trinajstić information content (AvgIpc) is 2.47. The molecule has 1 N–H and O–H groups in total. The van der Waals surface area contributed by atoms with E-state index in [1.54, 1.807) is 0 Å². The van der Waals surface area contributed by atoms with Gasteiger partial charge < -0.3 is 10.2 Å². The zero-order chi connectivity index (χ0) is 14.1. The van der Waals surface area contributed by atoms with Crippen molar-refractivity contribution in [3.05, 3.63) is 58.6 Å². The zero-order valence-electron chi connectivity index (χ0n) is 11.5. The van der Waals surface area contributed by atoms with Crippen molar-refractivity contribution < 1.29 is 0 Å². The fourth-order valence-electron chi connectivity index (χ4n) is 2.52. The summed E-state index contributed by atoms with van der Waals surface area (Å²) < 4.78 is 0. The van der Waals surface area contributed by atoms with Gasteiger partial charge in [-0.15, -0.1) is 0 Å². The fraction of sp³-hybridized carbons (Fsp3) is 0.188. The van der Waals surface area contributed by atoms with Gasteiger partial charge in [-0.2, -0.15) is 0 Å². The Morgan fingerprint density at radius 1 is 1.15 bits per heavy atom. The summed E-state index contributed by atoms with van der Waals surface area (Å²) in [4.78, 5) is 6.80. The lowest BCUT2D eigenvalue weighted by molar-refractivity contribution is 0.935. The Balaban J connectivity index is 2.15. The molecule has 0 saturated heterocycles. The number of anilines is 2. The van der Waals surface area contributed by atoms with Gasteiger partial charge in [-0.25, -0.2) is 4.99 Å². The number of rotatable bonds is 1. The topological polar surface area (TPSA) is 27.6 Å². The predicted molar refractivity (Wildman–Crippen MR) is 85.2 cm³/mol. The molecule has 20 heavy (non-hydrogen) atoms. The smallest absolute Gasteiger partial charge is 0.132 e. The average molecular weight is 286 g/mol. The molecule has 0 atom stereocenters. The lowest BCUT2D eigenvalue weighted by atomic mass is 10.1. The summed E-state index contributed by atoms with van der Waals surface area (Å²) in [5.74, 6) is 0.904. The van der Waals surface area contributed by atoms with E-state index in [2.05, 4.69) is 34.3 Å². The van der Waals surface area contributed by atoms with Crippen LogP contribution in [0.5, 0.6) is 0 Å². The van der Waals surface area contributed by atoms with Crippen LogP contribution in [0.15, 0.2) is 47.5 Å². The van der Waals surface area contributed by atoms with Gasteiger partial charge in [0, 0.05) is 23.3 Å². The largest absolute Gasteiger partial charge is 0.373 e. The number of halogens is 1. The molecule has 0 radical (unpaired) electrons. The first-order chi connectivity index (χ1) is 9.70. The monoisotopic (exact) mass is 285 g/mol. The highest BCUT2D eigenvalue weighted by Gasteiger charge is 2.21. The Hall–Kier alpha value is -2.00. The molecular weight excluding hydrogens is 270 g/mol. The second kappa shape index (κ2) is 5.17. The number of hydrogen-bond donors (Lipinski definition) is 1. The number of nitrogens with one attached hydrogen (secondary N) is 1. The highest BCUT2D eigenvalue weighted by molar-refractivity contribution is 6.31. The molecule has 0 amide bonds. The van der Waals surface area contributed by atoms with E-state index in [-0.39, 0.29) is 0 Å². The van der Waals surface area contributed by atoms with Crippen LogP contribution in [0.4, 0.5) is 11.4 Å². The number of amidine groups is 1. The lowest BCUT2D eigenvalue weighted by Crippen LogP contribution is -2.31. The van der Waals surface area contributed by atoms with E-state index in [0.717, 1.165) is 27.8 Å². The van der Waals surface area contributed by atoms with Crippen molar-refractivity contribution in [3.8, 4) is 0 Å². The van der Waals surface area contributed by atoms with Crippen LogP contribution in [0, 0.1) is 6.92 Å². The van der Waals surface area contributed by atoms with Crippen molar-refractivity contribution in [2.45, 2.75) is 6.92 Å². The van der Waals surface area contributed by atoms with Crippen molar-refractivity contribution in [1.29, 1.82) is 0 Å². The molecule has 0 aromatic heterocycles. The molecule has 2 aromatic rings. The summed E-state index contributed by atoms with van der Waals surface area (Å²) in [6.07, 6.45) is 0. The van der Waals surface area contributed by atoms with E-state index in [1.807, 2.05) is 37.4 Å². The number of aliphatic imine (C=N–C) groups is 1. The summed E-state index contributed by atoms with van der Waals surface area (Å²) >= 11 is 6.17. The van der Waals surface area contributed by atoms with Crippen molar-refractivity contribution >= 4 is 28.8 Å². The minimum absolute atomic E-state index is 0.592. The molecule has 1 aliphatic heterocycles. The normalized spacial score (nSPS) is 13.8. The van der Waals surface area contributed by atoms with Crippen LogP contribution >= 0.6 is 11.6 Å². The molecule has 0 fully saturated rings. The second-order valence-corrected chi connectivity index (χ2v) is 5.21. The summed E-state index contributed by atoms with van der Waals surface area (Å²) in [5.41, 5.74) is 4.55. The predicted octanol–water partition coefficient (Wildman–Crippen LogP) is 3.72. The van der Waals surface area contributed by atoms with Crippen LogP contribution in [0.1, 0.15) is 11.1 Å². The Labute approximate surface area is 123 Å². The van der Waals surface area contributed by atoms with E-state index in [9.17, 15) is 0 Å². The molecule has 2 aromatic carbocycles. The van der Waals surface area contributed by atoms with Crippen LogP contribution < -0.4 is 10.2 Å². The maximum Gasteiger partial charge on any atom is 0.132 e. The molecule has 0 aliphatic carbocycles. The molecule has 102 valence electrons. The van der Waals surface area contributed by atoms with Crippen LogP contribution in [0.2, 0.25) is 5.02 Å². The minimum atomic E-state index is 0.592. The summed E-state index contributed by atoms with van der Waals surface area (Å²) in [7, 11) is 1.89. The second-order valence-electron chi connectivity index (χ2n) is 4.77. The molecule has 3 rings (SSSR count). The number of nitrogens with zero attached hydrogens (tertiary/aromatic N) is 2. The van der Waals surface area contributed by atoms with Crippen molar-refractivity contribution in [2.24, 2.45) is 4.99 Å². The van der Waals surface area contributed by atoms with Crippen molar-refractivity contribution in [2.75, 3.05) is 18.6 Å². The van der Waals surface area contributed by atoms with Gasteiger partial charge in [-0.1, -0.05) is 29.8 Å². The number of benzene rings is 2. The van der Waals surface area contributed by atoms with E-state index in [1.165, 1.54) is 5.56 Å². The van der Waals surface area contributed by atoms with Crippen LogP contribution in [0.3, 0.4) is 0 Å². The Morgan fingerprint density at radius 2 is 1.95 bits per heavy atom. The highest BCUT2D eigenvalue weighted by atomic mass is 35.5. The molecule has 1 aliphatic rings. The van der Waals surface area contributed by atoms with Crippen LogP contribution in [0.25, 0.3) is 0 Å². The molecule has 4 heteroatoms. The number of hydrogen-bond acceptors (Lipinski definition) is 3. The first-order valence-corrected chi connectivity index (χ1v) is 6.94. The van der Waals surface area contributed by atoms with Gasteiger partial charge in [0.1, 0.15) is 12.5 Å². The molecule has 3 nitrogen and oxygen atoms in total. The summed E-state index contributed by atoms with van der Waals surface area (Å²) in [6, 6.07) is 14.2. The van der Waals surface area contributed by atoms with E-state index in [0.29, 0.717) is 6.67 Å². The molecular formula is C16H16ClN3. The molecule has 1 heterocycles. The van der Waals surface area contributed by atoms with Gasteiger partial charge in [0.05, 0.1) is 5.69 Å². The highest BCUT2D eigenvalue weighted by Crippen LogP contribution is 2.35. The van der Waals surface area contributed by atoms with E-state index in [4.69, 9.17) is 11.6 Å². The van der Waals surface area contributed by atoms with Gasteiger partial charge >= 0.3 is 0 Å². The Morgan fingerprint density at radius 3 is 2.70 bits per heavy atom. The molecule has 0 spiro atoms. The van der Waals surface area contributed by atoms with Crippen LogP contribution in [-0.4, -0.2) is 19.6 Å². The quantitative estimate of drug-likeness (QED) is 0.865. The molecule has 0 unspecified atom stereocenters. The van der Waals surface area contributed by atoms with Gasteiger partial charge in [0.2, 0.25) is 0 Å². The van der Waals surface area contributed by atoms with Gasteiger partial charge in [-0.05, 0) is 36.8 Å². The van der Waals surface area contributed by atoms with E-state index < -0.39 is 0 Å².